The van der Waals surface area contributed by atoms with E-state index in [4.69, 9.17) is 5.73 Å². The number of nitrogens with zero attached hydrogens (tertiary/aromatic N) is 2. The first-order chi connectivity index (χ1) is 8.66. The van der Waals surface area contributed by atoms with Gasteiger partial charge in [-0.1, -0.05) is 0 Å². The average molecular weight is 268 g/mol. The molecule has 1 fully saturated rings. The van der Waals surface area contributed by atoms with Crippen molar-refractivity contribution in [3.63, 3.8) is 0 Å². The minimum atomic E-state index is -0.0550. The Balaban J connectivity index is 1.76. The van der Waals surface area contributed by atoms with Crippen molar-refractivity contribution in [3.8, 4) is 0 Å². The molecule has 100 valence electrons. The number of thioether (sulfide) groups is 1. The maximum atomic E-state index is 11.9. The van der Waals surface area contributed by atoms with Crippen molar-refractivity contribution in [2.45, 2.75) is 0 Å². The maximum Gasteiger partial charge on any atom is 0.268 e. The van der Waals surface area contributed by atoms with Gasteiger partial charge < -0.3 is 15.6 Å². The Morgan fingerprint density at radius 3 is 2.83 bits per heavy atom. The highest BCUT2D eigenvalue weighted by molar-refractivity contribution is 7.99. The number of carbonyl (C=O) groups is 1. The van der Waals surface area contributed by atoms with Crippen molar-refractivity contribution in [3.05, 3.63) is 18.0 Å². The minimum absolute atomic E-state index is 0.0550. The van der Waals surface area contributed by atoms with E-state index in [-0.39, 0.29) is 5.91 Å². The molecular weight excluding hydrogens is 248 g/mol. The molecule has 0 aromatic carbocycles. The first-order valence-corrected chi connectivity index (χ1v) is 7.32. The molecule has 3 N–H and O–H groups in total. The fourth-order valence-electron chi connectivity index (χ4n) is 2.06. The van der Waals surface area contributed by atoms with Gasteiger partial charge in [-0.3, -0.25) is 9.69 Å². The van der Waals surface area contributed by atoms with Crippen molar-refractivity contribution in [1.29, 1.82) is 0 Å². The van der Waals surface area contributed by atoms with Gasteiger partial charge >= 0.3 is 0 Å². The number of rotatable bonds is 4. The molecule has 0 saturated carbocycles. The molecule has 18 heavy (non-hydrogen) atoms. The fourth-order valence-corrected chi connectivity index (χ4v) is 3.04. The zero-order valence-corrected chi connectivity index (χ0v) is 11.5. The van der Waals surface area contributed by atoms with Crippen LogP contribution in [-0.2, 0) is 7.05 Å². The van der Waals surface area contributed by atoms with Crippen LogP contribution in [0.5, 0.6) is 0 Å². The molecule has 6 heteroatoms. The highest BCUT2D eigenvalue weighted by Gasteiger charge is 2.12. The lowest BCUT2D eigenvalue weighted by molar-refractivity contribution is 0.0941. The number of hydrogen-bond acceptors (Lipinski definition) is 4. The summed E-state index contributed by atoms with van der Waals surface area (Å²) in [5.41, 5.74) is 6.89. The van der Waals surface area contributed by atoms with Crippen LogP contribution in [0.25, 0.3) is 0 Å². The molecule has 0 unspecified atom stereocenters. The van der Waals surface area contributed by atoms with Gasteiger partial charge in [-0.15, -0.1) is 0 Å². The second kappa shape index (κ2) is 6.15. The lowest BCUT2D eigenvalue weighted by atomic mass is 10.3. The highest BCUT2D eigenvalue weighted by Crippen LogP contribution is 2.09. The van der Waals surface area contributed by atoms with Crippen molar-refractivity contribution >= 4 is 23.4 Å². The predicted octanol–water partition coefficient (Wildman–Crippen LogP) is 0.386. The van der Waals surface area contributed by atoms with Crippen molar-refractivity contribution < 1.29 is 4.79 Å². The van der Waals surface area contributed by atoms with Crippen LogP contribution >= 0.6 is 11.8 Å². The summed E-state index contributed by atoms with van der Waals surface area (Å²) in [6, 6.07) is 1.70. The summed E-state index contributed by atoms with van der Waals surface area (Å²) in [5.74, 6) is 2.34. The van der Waals surface area contributed by atoms with Crippen molar-refractivity contribution in [2.24, 2.45) is 7.05 Å². The Bertz CT molecular complexity index is 412. The predicted molar refractivity (Wildman–Crippen MR) is 75.9 cm³/mol. The molecule has 2 rings (SSSR count). The van der Waals surface area contributed by atoms with E-state index >= 15 is 0 Å². The Morgan fingerprint density at radius 1 is 1.50 bits per heavy atom. The average Bonchev–Trinajstić information content (AvgIpc) is 2.70. The molecule has 1 aliphatic rings. The van der Waals surface area contributed by atoms with Gasteiger partial charge in [0.15, 0.2) is 0 Å². The van der Waals surface area contributed by atoms with Crippen LogP contribution in [0.2, 0.25) is 0 Å². The van der Waals surface area contributed by atoms with Gasteiger partial charge in [-0.25, -0.2) is 0 Å². The third-order valence-electron chi connectivity index (χ3n) is 3.08. The number of amides is 1. The maximum absolute atomic E-state index is 11.9. The highest BCUT2D eigenvalue weighted by atomic mass is 32.2. The third kappa shape index (κ3) is 3.43. The molecule has 5 nitrogen and oxygen atoms in total. The molecule has 0 aliphatic carbocycles. The molecule has 2 heterocycles. The van der Waals surface area contributed by atoms with Crippen LogP contribution in [0.3, 0.4) is 0 Å². The lowest BCUT2D eigenvalue weighted by Crippen LogP contribution is -2.39. The Hall–Kier alpha value is -1.14. The van der Waals surface area contributed by atoms with E-state index in [1.165, 1.54) is 11.5 Å². The van der Waals surface area contributed by atoms with Gasteiger partial charge in [0.2, 0.25) is 0 Å². The largest absolute Gasteiger partial charge is 0.397 e. The molecule has 0 atom stereocenters. The summed E-state index contributed by atoms with van der Waals surface area (Å²) >= 11 is 1.99. The third-order valence-corrected chi connectivity index (χ3v) is 4.02. The summed E-state index contributed by atoms with van der Waals surface area (Å²) in [6.45, 7) is 3.86. The minimum Gasteiger partial charge on any atom is -0.397 e. The molecule has 1 saturated heterocycles. The number of hydrogen-bond donors (Lipinski definition) is 2. The molecule has 0 bridgehead atoms. The number of anilines is 1. The van der Waals surface area contributed by atoms with Crippen molar-refractivity contribution in [1.82, 2.24) is 14.8 Å². The van der Waals surface area contributed by atoms with E-state index < -0.39 is 0 Å². The second-order valence-electron chi connectivity index (χ2n) is 4.48. The second-order valence-corrected chi connectivity index (χ2v) is 5.70. The zero-order valence-electron chi connectivity index (χ0n) is 10.7. The van der Waals surface area contributed by atoms with Crippen LogP contribution in [0, 0.1) is 0 Å². The Labute approximate surface area is 112 Å². The number of aromatic nitrogens is 1. The van der Waals surface area contributed by atoms with Crippen LogP contribution in [-0.4, -0.2) is 53.1 Å². The summed E-state index contributed by atoms with van der Waals surface area (Å²) in [7, 11) is 1.83. The van der Waals surface area contributed by atoms with Gasteiger partial charge in [-0.2, -0.15) is 11.8 Å². The topological polar surface area (TPSA) is 63.3 Å². The first-order valence-electron chi connectivity index (χ1n) is 6.17. The van der Waals surface area contributed by atoms with E-state index in [1.54, 1.807) is 16.8 Å². The van der Waals surface area contributed by atoms with Gasteiger partial charge in [-0.05, 0) is 6.07 Å². The molecule has 1 aliphatic heterocycles. The van der Waals surface area contributed by atoms with Gasteiger partial charge in [0, 0.05) is 50.9 Å². The molecule has 1 amide bonds. The van der Waals surface area contributed by atoms with E-state index in [1.807, 2.05) is 18.8 Å². The number of nitrogen functional groups attached to an aromatic ring is 1. The summed E-state index contributed by atoms with van der Waals surface area (Å²) in [6.07, 6.45) is 1.75. The number of nitrogens with two attached hydrogens (primary N) is 1. The van der Waals surface area contributed by atoms with E-state index in [9.17, 15) is 4.79 Å². The molecule has 0 radical (unpaired) electrons. The number of carbonyl (C=O) groups excluding carboxylic acids is 1. The van der Waals surface area contributed by atoms with E-state index in [0.717, 1.165) is 19.6 Å². The molecular formula is C12H20N4OS. The Morgan fingerprint density at radius 2 is 2.22 bits per heavy atom. The summed E-state index contributed by atoms with van der Waals surface area (Å²) in [4.78, 5) is 14.3. The molecule has 0 spiro atoms. The van der Waals surface area contributed by atoms with Crippen LogP contribution < -0.4 is 11.1 Å². The van der Waals surface area contributed by atoms with Gasteiger partial charge in [0.1, 0.15) is 5.69 Å². The SMILES string of the molecule is Cn1cc(N)cc1C(=O)NCCN1CCSCC1. The number of nitrogens with one attached hydrogen (secondary N) is 1. The fraction of sp³-hybridized carbons (Fsp3) is 0.583. The zero-order chi connectivity index (χ0) is 13.0. The normalized spacial score (nSPS) is 16.7. The quantitative estimate of drug-likeness (QED) is 0.829. The molecule has 1 aromatic heterocycles. The van der Waals surface area contributed by atoms with Gasteiger partial charge in [0.25, 0.3) is 5.91 Å². The summed E-state index contributed by atoms with van der Waals surface area (Å²) in [5, 5.41) is 2.94. The van der Waals surface area contributed by atoms with Gasteiger partial charge in [0.05, 0.1) is 5.69 Å². The van der Waals surface area contributed by atoms with Crippen LogP contribution in [0.4, 0.5) is 5.69 Å². The van der Waals surface area contributed by atoms with E-state index in [2.05, 4.69) is 10.2 Å². The lowest BCUT2D eigenvalue weighted by Gasteiger charge is -2.25. The van der Waals surface area contributed by atoms with Crippen LogP contribution in [0.1, 0.15) is 10.5 Å². The number of aryl methyl sites for hydroxylation is 1. The first kappa shape index (κ1) is 13.3. The van der Waals surface area contributed by atoms with Crippen molar-refractivity contribution in [2.75, 3.05) is 43.4 Å². The van der Waals surface area contributed by atoms with Crippen LogP contribution in [0.15, 0.2) is 12.3 Å². The molecule has 1 aromatic rings. The Kier molecular flexibility index (Phi) is 4.54. The monoisotopic (exact) mass is 268 g/mol. The van der Waals surface area contributed by atoms with E-state index in [0.29, 0.717) is 17.9 Å². The smallest absolute Gasteiger partial charge is 0.268 e. The standard InChI is InChI=1S/C12H20N4OS/c1-15-9-10(13)8-11(15)12(17)14-2-3-16-4-6-18-7-5-16/h8-9H,2-7,13H2,1H3,(H,14,17). The summed E-state index contributed by atoms with van der Waals surface area (Å²) < 4.78 is 1.75.